The molecule has 1 aromatic heterocycles. The maximum Gasteiger partial charge on any atom is 0.137 e. The van der Waals surface area contributed by atoms with E-state index in [1.54, 1.807) is 0 Å². The maximum atomic E-state index is 4.82. The zero-order chi connectivity index (χ0) is 29.6. The summed E-state index contributed by atoms with van der Waals surface area (Å²) in [5, 5.41) is 2.62. The van der Waals surface area contributed by atoms with Gasteiger partial charge in [0.25, 0.3) is 0 Å². The summed E-state index contributed by atoms with van der Waals surface area (Å²) in [5.74, 6) is 0.908. The molecule has 2 aliphatic carbocycles. The molecular weight excluding hydrogens is 534 g/mol. The van der Waals surface area contributed by atoms with Crippen LogP contribution in [0.15, 0.2) is 146 Å². The van der Waals surface area contributed by atoms with Crippen molar-refractivity contribution in [2.75, 3.05) is 9.80 Å². The van der Waals surface area contributed by atoms with E-state index in [-0.39, 0.29) is 6.04 Å². The molecule has 212 valence electrons. The summed E-state index contributed by atoms with van der Waals surface area (Å²) in [6.45, 7) is 4.53. The molecule has 6 aromatic rings. The first-order chi connectivity index (χ1) is 21.7. The first-order valence-corrected chi connectivity index (χ1v) is 15.3. The van der Waals surface area contributed by atoms with Gasteiger partial charge in [-0.25, -0.2) is 4.98 Å². The second-order valence-electron chi connectivity index (χ2n) is 11.7. The van der Waals surface area contributed by atoms with Gasteiger partial charge in [0.05, 0.1) is 11.7 Å². The topological polar surface area (TPSA) is 19.4 Å². The fourth-order valence-electron chi connectivity index (χ4n) is 7.09. The summed E-state index contributed by atoms with van der Waals surface area (Å²) < 4.78 is 0. The molecule has 5 aromatic carbocycles. The Morgan fingerprint density at radius 2 is 1.32 bits per heavy atom. The summed E-state index contributed by atoms with van der Waals surface area (Å²) in [7, 11) is 0. The zero-order valence-electron chi connectivity index (χ0n) is 25.0. The second kappa shape index (κ2) is 10.7. The molecule has 0 aliphatic heterocycles. The Morgan fingerprint density at radius 3 is 1.95 bits per heavy atom. The Balaban J connectivity index is 1.38. The molecule has 0 amide bonds. The van der Waals surface area contributed by atoms with Crippen LogP contribution in [0.2, 0.25) is 0 Å². The maximum absolute atomic E-state index is 4.82. The number of rotatable bonds is 6. The summed E-state index contributed by atoms with van der Waals surface area (Å²) in [4.78, 5) is 9.61. The molecule has 0 fully saturated rings. The molecule has 0 saturated heterocycles. The van der Waals surface area contributed by atoms with Gasteiger partial charge in [-0.1, -0.05) is 84.9 Å². The lowest BCUT2D eigenvalue weighted by Crippen LogP contribution is -2.33. The van der Waals surface area contributed by atoms with Crippen molar-refractivity contribution < 1.29 is 0 Å². The van der Waals surface area contributed by atoms with Crippen LogP contribution in [0.5, 0.6) is 0 Å². The van der Waals surface area contributed by atoms with Gasteiger partial charge in [-0.15, -0.1) is 0 Å². The molecule has 1 atom stereocenters. The lowest BCUT2D eigenvalue weighted by atomic mass is 9.75. The van der Waals surface area contributed by atoms with E-state index in [9.17, 15) is 0 Å². The van der Waals surface area contributed by atoms with Crippen molar-refractivity contribution in [1.29, 1.82) is 0 Å². The fraction of sp³-hybridized carbons (Fsp3) is 0.0976. The number of allylic oxidation sites excluding steroid dienone is 2. The number of benzene rings is 5. The largest absolute Gasteiger partial charge is 0.330 e. The van der Waals surface area contributed by atoms with E-state index in [1.165, 1.54) is 55.5 Å². The minimum Gasteiger partial charge on any atom is -0.330 e. The number of nitrogens with zero attached hydrogens (tertiary/aromatic N) is 3. The molecule has 0 N–H and O–H groups in total. The van der Waals surface area contributed by atoms with Gasteiger partial charge in [0.15, 0.2) is 0 Å². The Kier molecular flexibility index (Phi) is 6.38. The molecule has 0 saturated carbocycles. The molecule has 44 heavy (non-hydrogen) atoms. The number of hydrogen-bond acceptors (Lipinski definition) is 3. The van der Waals surface area contributed by atoms with Crippen LogP contribution in [0.1, 0.15) is 29.2 Å². The summed E-state index contributed by atoms with van der Waals surface area (Å²) in [5.41, 5.74) is 12.7. The van der Waals surface area contributed by atoms with Crippen molar-refractivity contribution in [3.05, 3.63) is 168 Å². The average Bonchev–Trinajstić information content (AvgIpc) is 3.08. The van der Waals surface area contributed by atoms with E-state index in [4.69, 9.17) is 4.98 Å². The van der Waals surface area contributed by atoms with Crippen molar-refractivity contribution in [3.63, 3.8) is 0 Å². The minimum absolute atomic E-state index is 0.0658. The Morgan fingerprint density at radius 1 is 0.682 bits per heavy atom. The van der Waals surface area contributed by atoms with Gasteiger partial charge in [0.1, 0.15) is 5.82 Å². The van der Waals surface area contributed by atoms with Gasteiger partial charge in [-0.2, -0.15) is 0 Å². The molecule has 1 heterocycles. The van der Waals surface area contributed by atoms with Gasteiger partial charge >= 0.3 is 0 Å². The number of hydrogen-bond donors (Lipinski definition) is 0. The van der Waals surface area contributed by atoms with Crippen molar-refractivity contribution >= 4 is 50.5 Å². The molecule has 0 radical (unpaired) electrons. The predicted octanol–water partition coefficient (Wildman–Crippen LogP) is 10.6. The molecule has 3 heteroatoms. The van der Waals surface area contributed by atoms with E-state index in [2.05, 4.69) is 157 Å². The average molecular weight is 568 g/mol. The number of aromatic nitrogens is 1. The number of para-hydroxylation sites is 3. The van der Waals surface area contributed by atoms with E-state index >= 15 is 0 Å². The van der Waals surface area contributed by atoms with Crippen LogP contribution in [0.4, 0.5) is 28.6 Å². The normalized spacial score (nSPS) is 15.0. The Hall–Kier alpha value is -5.41. The van der Waals surface area contributed by atoms with Crippen LogP contribution < -0.4 is 9.80 Å². The van der Waals surface area contributed by atoms with Crippen molar-refractivity contribution in [2.45, 2.75) is 26.3 Å². The molecular formula is C41H33N3. The third-order valence-electron chi connectivity index (χ3n) is 9.06. The SMILES string of the molecule is CC1=CC(N(c2ccccc2)c2ccccc2)C2=CCc3c(C)cc(N(c4ccccc4)c4ccccn4)c4ccc1c2c34. The first-order valence-electron chi connectivity index (χ1n) is 15.3. The molecule has 0 spiro atoms. The third kappa shape index (κ3) is 4.24. The van der Waals surface area contributed by atoms with Crippen LogP contribution in [-0.4, -0.2) is 11.0 Å². The van der Waals surface area contributed by atoms with Crippen LogP contribution >= 0.6 is 0 Å². The van der Waals surface area contributed by atoms with Crippen molar-refractivity contribution in [3.8, 4) is 0 Å². The zero-order valence-corrected chi connectivity index (χ0v) is 25.0. The molecule has 3 nitrogen and oxygen atoms in total. The highest BCUT2D eigenvalue weighted by Gasteiger charge is 2.34. The minimum atomic E-state index is 0.0658. The molecule has 8 rings (SSSR count). The van der Waals surface area contributed by atoms with Crippen LogP contribution in [0.3, 0.4) is 0 Å². The van der Waals surface area contributed by atoms with E-state index in [0.717, 1.165) is 23.6 Å². The third-order valence-corrected chi connectivity index (χ3v) is 9.06. The van der Waals surface area contributed by atoms with Crippen molar-refractivity contribution in [1.82, 2.24) is 4.98 Å². The van der Waals surface area contributed by atoms with Gasteiger partial charge in [0, 0.05) is 28.6 Å². The van der Waals surface area contributed by atoms with Gasteiger partial charge in [-0.3, -0.25) is 4.90 Å². The lowest BCUT2D eigenvalue weighted by molar-refractivity contribution is 0.944. The quantitative estimate of drug-likeness (QED) is 0.200. The first kappa shape index (κ1) is 26.2. The fourth-order valence-corrected chi connectivity index (χ4v) is 7.09. The smallest absolute Gasteiger partial charge is 0.137 e. The van der Waals surface area contributed by atoms with Gasteiger partial charge < -0.3 is 4.90 Å². The summed E-state index contributed by atoms with van der Waals surface area (Å²) >= 11 is 0. The second-order valence-corrected chi connectivity index (χ2v) is 11.7. The van der Waals surface area contributed by atoms with Crippen LogP contribution in [-0.2, 0) is 6.42 Å². The predicted molar refractivity (Wildman–Crippen MR) is 185 cm³/mol. The number of pyridine rings is 1. The lowest BCUT2D eigenvalue weighted by Gasteiger charge is -2.39. The molecule has 2 aliphatic rings. The Labute approximate surface area is 259 Å². The highest BCUT2D eigenvalue weighted by Crippen LogP contribution is 2.50. The van der Waals surface area contributed by atoms with Gasteiger partial charge in [0.2, 0.25) is 0 Å². The van der Waals surface area contributed by atoms with E-state index in [0.29, 0.717) is 0 Å². The standard InChI is InChI=1S/C41H33N3/c1-28-26-37(43(30-14-6-3-7-15-30)31-16-8-4-9-17-31)35-23-21-34-29(2)27-38(36-24-22-33(28)40(35)41(34)36)44(32-18-10-5-11-19-32)39-20-12-13-25-42-39/h3-20,22-27,37H,21H2,1-2H3. The summed E-state index contributed by atoms with van der Waals surface area (Å²) in [6.07, 6.45) is 7.71. The number of aryl methyl sites for hydroxylation is 1. The molecule has 0 bridgehead atoms. The monoisotopic (exact) mass is 567 g/mol. The molecule has 1 unspecified atom stereocenters. The highest BCUT2D eigenvalue weighted by atomic mass is 15.2. The highest BCUT2D eigenvalue weighted by molar-refractivity contribution is 6.11. The Bertz CT molecular complexity index is 1970. The summed E-state index contributed by atoms with van der Waals surface area (Å²) in [6, 6.07) is 45.4. The van der Waals surface area contributed by atoms with E-state index in [1.807, 2.05) is 12.3 Å². The van der Waals surface area contributed by atoms with Crippen LogP contribution in [0.25, 0.3) is 21.9 Å². The van der Waals surface area contributed by atoms with Crippen molar-refractivity contribution in [2.24, 2.45) is 0 Å². The van der Waals surface area contributed by atoms with E-state index < -0.39 is 0 Å². The van der Waals surface area contributed by atoms with Crippen LogP contribution in [0, 0.1) is 6.92 Å². The van der Waals surface area contributed by atoms with Gasteiger partial charge in [-0.05, 0) is 114 Å². The number of anilines is 5.